The largest absolute Gasteiger partial charge is 0.478 e. The molecule has 0 bridgehead atoms. The summed E-state index contributed by atoms with van der Waals surface area (Å²) in [5.74, 6) is -0.441. The zero-order valence-corrected chi connectivity index (χ0v) is 12.7. The molecule has 1 saturated heterocycles. The van der Waals surface area contributed by atoms with Crippen LogP contribution in [0.2, 0.25) is 5.02 Å². The van der Waals surface area contributed by atoms with Crippen molar-refractivity contribution in [3.8, 4) is 0 Å². The Hall–Kier alpha value is -1.75. The molecule has 0 radical (unpaired) electrons. The van der Waals surface area contributed by atoms with Gasteiger partial charge in [-0.05, 0) is 43.4 Å². The summed E-state index contributed by atoms with van der Waals surface area (Å²) < 4.78 is 0. The highest BCUT2D eigenvalue weighted by molar-refractivity contribution is 6.31. The highest BCUT2D eigenvalue weighted by Crippen LogP contribution is 2.21. The molecule has 2 amide bonds. The number of carbonyl (C=O) groups is 2. The van der Waals surface area contributed by atoms with E-state index in [0.29, 0.717) is 11.6 Å². The van der Waals surface area contributed by atoms with Gasteiger partial charge < -0.3 is 15.3 Å². The van der Waals surface area contributed by atoms with Crippen molar-refractivity contribution in [3.05, 3.63) is 28.8 Å². The lowest BCUT2D eigenvalue weighted by Crippen LogP contribution is -2.35. The van der Waals surface area contributed by atoms with Gasteiger partial charge in [0.2, 0.25) is 0 Å². The molecular weight excluding hydrogens is 292 g/mol. The van der Waals surface area contributed by atoms with Gasteiger partial charge in [0.1, 0.15) is 0 Å². The van der Waals surface area contributed by atoms with Crippen molar-refractivity contribution >= 4 is 29.3 Å². The summed E-state index contributed by atoms with van der Waals surface area (Å²) in [5, 5.41) is 12.0. The number of rotatable bonds is 2. The van der Waals surface area contributed by atoms with Gasteiger partial charge >= 0.3 is 12.0 Å². The first-order chi connectivity index (χ1) is 9.95. The van der Waals surface area contributed by atoms with Crippen molar-refractivity contribution in [2.24, 2.45) is 5.92 Å². The lowest BCUT2D eigenvalue weighted by molar-refractivity contribution is 0.0697. The number of benzene rings is 1. The second-order valence-corrected chi connectivity index (χ2v) is 5.92. The highest BCUT2D eigenvalue weighted by Gasteiger charge is 2.19. The summed E-state index contributed by atoms with van der Waals surface area (Å²) in [7, 11) is 0. The molecule has 1 aromatic rings. The predicted octanol–water partition coefficient (Wildman–Crippen LogP) is 3.69. The maximum absolute atomic E-state index is 12.2. The number of nitrogens with zero attached hydrogens (tertiary/aromatic N) is 1. The molecule has 1 aromatic carbocycles. The van der Waals surface area contributed by atoms with Crippen molar-refractivity contribution in [3.63, 3.8) is 0 Å². The number of hydrogen-bond acceptors (Lipinski definition) is 2. The number of halogens is 1. The van der Waals surface area contributed by atoms with Crippen LogP contribution in [0.5, 0.6) is 0 Å². The summed E-state index contributed by atoms with van der Waals surface area (Å²) in [6, 6.07) is 4.11. The fourth-order valence-electron chi connectivity index (χ4n) is 2.45. The van der Waals surface area contributed by atoms with Gasteiger partial charge in [-0.2, -0.15) is 0 Å². The van der Waals surface area contributed by atoms with Gasteiger partial charge in [0.25, 0.3) is 0 Å². The maximum atomic E-state index is 12.2. The molecule has 0 aliphatic carbocycles. The van der Waals surface area contributed by atoms with Crippen LogP contribution in [0.3, 0.4) is 0 Å². The Bertz CT molecular complexity index is 548. The Morgan fingerprint density at radius 3 is 2.76 bits per heavy atom. The molecule has 1 aliphatic rings. The zero-order valence-electron chi connectivity index (χ0n) is 11.9. The van der Waals surface area contributed by atoms with Crippen molar-refractivity contribution in [1.29, 1.82) is 0 Å². The molecule has 21 heavy (non-hydrogen) atoms. The smallest absolute Gasteiger partial charge is 0.335 e. The first-order valence-corrected chi connectivity index (χ1v) is 7.43. The molecular formula is C15H19ClN2O3. The molecule has 1 aliphatic heterocycles. The number of hydrogen-bond donors (Lipinski definition) is 2. The number of urea groups is 1. The predicted molar refractivity (Wildman–Crippen MR) is 82.0 cm³/mol. The number of anilines is 1. The molecule has 0 aromatic heterocycles. The highest BCUT2D eigenvalue weighted by atomic mass is 35.5. The van der Waals surface area contributed by atoms with Crippen LogP contribution < -0.4 is 5.32 Å². The van der Waals surface area contributed by atoms with E-state index in [0.717, 1.165) is 32.4 Å². The van der Waals surface area contributed by atoms with Gasteiger partial charge in [-0.15, -0.1) is 0 Å². The van der Waals surface area contributed by atoms with Crippen LogP contribution in [0.4, 0.5) is 10.5 Å². The van der Waals surface area contributed by atoms with E-state index in [1.807, 2.05) is 0 Å². The minimum atomic E-state index is -1.07. The van der Waals surface area contributed by atoms with Crippen LogP contribution in [0.25, 0.3) is 0 Å². The molecule has 2 rings (SSSR count). The summed E-state index contributed by atoms with van der Waals surface area (Å²) in [6.07, 6.45) is 3.11. The fourth-order valence-corrected chi connectivity index (χ4v) is 2.69. The number of carboxylic acid groups (broad SMARTS) is 1. The number of amides is 2. The summed E-state index contributed by atoms with van der Waals surface area (Å²) in [4.78, 5) is 25.0. The Balaban J connectivity index is 2.07. The Labute approximate surface area is 128 Å². The Kier molecular flexibility index (Phi) is 5.07. The number of carboxylic acids is 1. The number of nitrogens with one attached hydrogen (secondary N) is 1. The normalized spacial score (nSPS) is 19.0. The molecule has 6 heteroatoms. The SMILES string of the molecule is CC1CCCN(C(=O)Nc2cc(Cl)cc(C(=O)O)c2)CC1. The topological polar surface area (TPSA) is 69.6 Å². The second kappa shape index (κ2) is 6.80. The van der Waals surface area contributed by atoms with Crippen LogP contribution in [0.15, 0.2) is 18.2 Å². The van der Waals surface area contributed by atoms with Gasteiger partial charge in [-0.3, -0.25) is 0 Å². The van der Waals surface area contributed by atoms with E-state index in [2.05, 4.69) is 12.2 Å². The summed E-state index contributed by atoms with van der Waals surface area (Å²) in [5.41, 5.74) is 0.462. The van der Waals surface area contributed by atoms with Crippen molar-refractivity contribution in [2.45, 2.75) is 26.2 Å². The number of likely N-dealkylation sites (tertiary alicyclic amines) is 1. The molecule has 1 atom stereocenters. The van der Waals surface area contributed by atoms with Gasteiger partial charge in [0.05, 0.1) is 5.56 Å². The van der Waals surface area contributed by atoms with E-state index >= 15 is 0 Å². The van der Waals surface area contributed by atoms with E-state index in [1.165, 1.54) is 12.1 Å². The van der Waals surface area contributed by atoms with Crippen molar-refractivity contribution in [1.82, 2.24) is 4.90 Å². The molecule has 0 saturated carbocycles. The fraction of sp³-hybridized carbons (Fsp3) is 0.467. The summed E-state index contributed by atoms with van der Waals surface area (Å²) in [6.45, 7) is 3.64. The number of carbonyl (C=O) groups excluding carboxylic acids is 1. The first kappa shape index (κ1) is 15.6. The molecule has 5 nitrogen and oxygen atoms in total. The average molecular weight is 311 g/mol. The molecule has 1 heterocycles. The van der Waals surface area contributed by atoms with E-state index in [9.17, 15) is 9.59 Å². The van der Waals surface area contributed by atoms with Crippen LogP contribution in [0, 0.1) is 5.92 Å². The van der Waals surface area contributed by atoms with Gasteiger partial charge in [-0.1, -0.05) is 18.5 Å². The van der Waals surface area contributed by atoms with E-state index < -0.39 is 5.97 Å². The quantitative estimate of drug-likeness (QED) is 0.875. The maximum Gasteiger partial charge on any atom is 0.335 e. The number of aromatic carboxylic acids is 1. The second-order valence-electron chi connectivity index (χ2n) is 5.49. The van der Waals surface area contributed by atoms with Crippen molar-refractivity contribution < 1.29 is 14.7 Å². The molecule has 114 valence electrons. The summed E-state index contributed by atoms with van der Waals surface area (Å²) >= 11 is 5.88. The van der Waals surface area contributed by atoms with Gasteiger partial charge in [0, 0.05) is 23.8 Å². The molecule has 0 spiro atoms. The lowest BCUT2D eigenvalue weighted by Gasteiger charge is -2.21. The Morgan fingerprint density at radius 1 is 1.29 bits per heavy atom. The van der Waals surface area contributed by atoms with E-state index in [4.69, 9.17) is 16.7 Å². The minimum absolute atomic E-state index is 0.0577. The Morgan fingerprint density at radius 2 is 2.05 bits per heavy atom. The van der Waals surface area contributed by atoms with Gasteiger partial charge in [0.15, 0.2) is 0 Å². The molecule has 1 fully saturated rings. The standard InChI is InChI=1S/C15H19ClN2O3/c1-10-3-2-5-18(6-4-10)15(21)17-13-8-11(14(19)20)7-12(16)9-13/h7-10H,2-6H2,1H3,(H,17,21)(H,19,20). The molecule has 2 N–H and O–H groups in total. The van der Waals surface area contributed by atoms with Crippen molar-refractivity contribution in [2.75, 3.05) is 18.4 Å². The third kappa shape index (κ3) is 4.36. The lowest BCUT2D eigenvalue weighted by atomic mass is 10.0. The third-order valence-electron chi connectivity index (χ3n) is 3.70. The average Bonchev–Trinajstić information content (AvgIpc) is 2.62. The zero-order chi connectivity index (χ0) is 15.4. The first-order valence-electron chi connectivity index (χ1n) is 7.05. The van der Waals surface area contributed by atoms with Gasteiger partial charge in [-0.25, -0.2) is 9.59 Å². The molecule has 1 unspecified atom stereocenters. The van der Waals surface area contributed by atoms with Crippen LogP contribution in [0.1, 0.15) is 36.5 Å². The minimum Gasteiger partial charge on any atom is -0.478 e. The third-order valence-corrected chi connectivity index (χ3v) is 3.92. The van der Waals surface area contributed by atoms with E-state index in [1.54, 1.807) is 11.0 Å². The monoisotopic (exact) mass is 310 g/mol. The van der Waals surface area contributed by atoms with Crippen LogP contribution >= 0.6 is 11.6 Å². The van der Waals surface area contributed by atoms with Crippen LogP contribution in [-0.2, 0) is 0 Å². The van der Waals surface area contributed by atoms with E-state index in [-0.39, 0.29) is 16.6 Å². The van der Waals surface area contributed by atoms with Crippen LogP contribution in [-0.4, -0.2) is 35.1 Å².